The molecule has 3 heterocycles. The molecule has 0 saturated carbocycles. The highest BCUT2D eigenvalue weighted by Gasteiger charge is 2.37. The van der Waals surface area contributed by atoms with Crippen molar-refractivity contribution in [3.8, 4) is 0 Å². The van der Waals surface area contributed by atoms with Gasteiger partial charge in [-0.25, -0.2) is 10.8 Å². The first kappa shape index (κ1) is 12.0. The molecule has 0 bridgehead atoms. The number of hydrogen-bond acceptors (Lipinski definition) is 6. The number of nitrogens with zero attached hydrogens (tertiary/aromatic N) is 3. The largest absolute Gasteiger partial charge is 0.364 e. The Labute approximate surface area is 111 Å². The van der Waals surface area contributed by atoms with Crippen LogP contribution in [-0.2, 0) is 0 Å². The molecule has 2 aliphatic heterocycles. The van der Waals surface area contributed by atoms with Crippen LogP contribution in [0.15, 0.2) is 6.20 Å². The van der Waals surface area contributed by atoms with Crippen LogP contribution in [0.2, 0.25) is 5.02 Å². The monoisotopic (exact) mass is 268 g/mol. The molecule has 0 radical (unpaired) electrons. The second-order valence-electron chi connectivity index (χ2n) is 4.82. The van der Waals surface area contributed by atoms with E-state index < -0.39 is 0 Å². The Morgan fingerprint density at radius 3 is 3.11 bits per heavy atom. The first-order valence-electron chi connectivity index (χ1n) is 6.27. The molecule has 3 rings (SSSR count). The van der Waals surface area contributed by atoms with E-state index in [1.165, 1.54) is 19.4 Å². The predicted octanol–water partition coefficient (Wildman–Crippen LogP) is 1.06. The van der Waals surface area contributed by atoms with E-state index in [1.54, 1.807) is 6.20 Å². The van der Waals surface area contributed by atoms with E-state index in [0.717, 1.165) is 13.0 Å². The molecule has 0 aromatic carbocycles. The third-order valence-electron chi connectivity index (χ3n) is 3.80. The van der Waals surface area contributed by atoms with Crippen LogP contribution in [0.1, 0.15) is 19.3 Å². The fraction of sp³-hybridized carbons (Fsp3) is 0.636. The third-order valence-corrected chi connectivity index (χ3v) is 4.08. The van der Waals surface area contributed by atoms with Crippen LogP contribution < -0.4 is 16.6 Å². The number of nitrogens with one attached hydrogen (secondary N) is 2. The topological polar surface area (TPSA) is 79.1 Å². The molecule has 0 amide bonds. The van der Waals surface area contributed by atoms with Gasteiger partial charge in [-0.1, -0.05) is 11.6 Å². The van der Waals surface area contributed by atoms with Gasteiger partial charge in [-0.05, 0) is 25.8 Å². The summed E-state index contributed by atoms with van der Waals surface area (Å²) in [5, 5.41) is 3.97. The zero-order valence-electron chi connectivity index (χ0n) is 10.1. The number of anilines is 2. The van der Waals surface area contributed by atoms with Gasteiger partial charge < -0.3 is 5.32 Å². The van der Waals surface area contributed by atoms with Gasteiger partial charge in [0.25, 0.3) is 0 Å². The maximum Gasteiger partial charge on any atom is 0.239 e. The number of fused-ring (bicyclic) bond motifs is 1. The minimum Gasteiger partial charge on any atom is -0.364 e. The summed E-state index contributed by atoms with van der Waals surface area (Å²) in [6, 6.07) is 1.04. The van der Waals surface area contributed by atoms with E-state index in [1.807, 2.05) is 0 Å². The van der Waals surface area contributed by atoms with Crippen LogP contribution in [0.25, 0.3) is 0 Å². The molecule has 2 saturated heterocycles. The Morgan fingerprint density at radius 2 is 2.28 bits per heavy atom. The van der Waals surface area contributed by atoms with Crippen LogP contribution in [-0.4, -0.2) is 40.0 Å². The summed E-state index contributed by atoms with van der Waals surface area (Å²) in [4.78, 5) is 10.8. The lowest BCUT2D eigenvalue weighted by atomic mass is 10.1. The van der Waals surface area contributed by atoms with Gasteiger partial charge in [0.2, 0.25) is 5.95 Å². The summed E-state index contributed by atoms with van der Waals surface area (Å²) in [6.07, 6.45) is 5.24. The van der Waals surface area contributed by atoms with E-state index >= 15 is 0 Å². The predicted molar refractivity (Wildman–Crippen MR) is 71.5 cm³/mol. The van der Waals surface area contributed by atoms with Gasteiger partial charge in [-0.15, -0.1) is 0 Å². The summed E-state index contributed by atoms with van der Waals surface area (Å²) < 4.78 is 0. The Bertz CT molecular complexity index is 440. The van der Waals surface area contributed by atoms with Gasteiger partial charge in [0, 0.05) is 18.6 Å². The molecule has 7 heteroatoms. The molecule has 2 atom stereocenters. The molecule has 6 nitrogen and oxygen atoms in total. The molecular weight excluding hydrogens is 252 g/mol. The van der Waals surface area contributed by atoms with E-state index in [9.17, 15) is 0 Å². The lowest BCUT2D eigenvalue weighted by Crippen LogP contribution is -2.34. The molecule has 0 spiro atoms. The Kier molecular flexibility index (Phi) is 3.23. The Hall–Kier alpha value is -1.11. The quantitative estimate of drug-likeness (QED) is 0.562. The third kappa shape index (κ3) is 2.11. The molecule has 2 unspecified atom stereocenters. The molecule has 2 fully saturated rings. The first-order valence-corrected chi connectivity index (χ1v) is 6.65. The number of rotatable bonds is 3. The van der Waals surface area contributed by atoms with Crippen molar-refractivity contribution in [1.82, 2.24) is 14.9 Å². The summed E-state index contributed by atoms with van der Waals surface area (Å²) in [5.41, 5.74) is 2.43. The van der Waals surface area contributed by atoms with Crippen molar-refractivity contribution in [3.05, 3.63) is 11.2 Å². The highest BCUT2D eigenvalue weighted by molar-refractivity contribution is 6.32. The number of hydrogen-bond donors (Lipinski definition) is 3. The van der Waals surface area contributed by atoms with E-state index in [2.05, 4.69) is 25.6 Å². The van der Waals surface area contributed by atoms with Crippen LogP contribution in [0.4, 0.5) is 11.8 Å². The van der Waals surface area contributed by atoms with Crippen LogP contribution in [0, 0.1) is 0 Å². The van der Waals surface area contributed by atoms with E-state index in [0.29, 0.717) is 28.9 Å². The van der Waals surface area contributed by atoms with E-state index in [-0.39, 0.29) is 0 Å². The van der Waals surface area contributed by atoms with Crippen LogP contribution >= 0.6 is 11.6 Å². The molecular formula is C11H17ClN6. The Morgan fingerprint density at radius 1 is 1.39 bits per heavy atom. The summed E-state index contributed by atoms with van der Waals surface area (Å²) >= 11 is 6.10. The highest BCUT2D eigenvalue weighted by Crippen LogP contribution is 2.31. The highest BCUT2D eigenvalue weighted by atomic mass is 35.5. The number of nitrogen functional groups attached to an aromatic ring is 1. The molecule has 1 aromatic rings. The maximum absolute atomic E-state index is 6.10. The average Bonchev–Trinajstić information content (AvgIpc) is 2.96. The number of hydrazine groups is 1. The average molecular weight is 269 g/mol. The minimum absolute atomic E-state index is 0.378. The molecule has 18 heavy (non-hydrogen) atoms. The maximum atomic E-state index is 6.10. The lowest BCUT2D eigenvalue weighted by molar-refractivity contribution is 0.318. The van der Waals surface area contributed by atoms with Crippen molar-refractivity contribution < 1.29 is 0 Å². The lowest BCUT2D eigenvalue weighted by Gasteiger charge is -2.22. The second-order valence-corrected chi connectivity index (χ2v) is 5.23. The van der Waals surface area contributed by atoms with Crippen molar-refractivity contribution in [2.75, 3.05) is 23.8 Å². The van der Waals surface area contributed by atoms with Gasteiger partial charge in [-0.3, -0.25) is 10.3 Å². The summed E-state index contributed by atoms with van der Waals surface area (Å²) in [5.74, 6) is 6.35. The SMILES string of the molecule is NNc1ncc(Cl)c(NC2CCN3CCCC23)n1. The van der Waals surface area contributed by atoms with Gasteiger partial charge >= 0.3 is 0 Å². The van der Waals surface area contributed by atoms with Crippen molar-refractivity contribution in [2.24, 2.45) is 5.84 Å². The summed E-state index contributed by atoms with van der Waals surface area (Å²) in [7, 11) is 0. The van der Waals surface area contributed by atoms with Gasteiger partial charge in [-0.2, -0.15) is 4.98 Å². The standard InChI is InChI=1S/C11H17ClN6/c12-7-6-14-11(17-13)16-10(7)15-8-3-5-18-4-1-2-9(8)18/h6,8-9H,1-5,13H2,(H2,14,15,16,17). The number of aromatic nitrogens is 2. The minimum atomic E-state index is 0.378. The smallest absolute Gasteiger partial charge is 0.239 e. The molecule has 0 aliphatic carbocycles. The van der Waals surface area contributed by atoms with Crippen LogP contribution in [0.3, 0.4) is 0 Å². The van der Waals surface area contributed by atoms with Crippen molar-refractivity contribution >= 4 is 23.4 Å². The Balaban J connectivity index is 1.76. The fourth-order valence-electron chi connectivity index (χ4n) is 2.96. The van der Waals surface area contributed by atoms with Crippen LogP contribution in [0.5, 0.6) is 0 Å². The first-order chi connectivity index (χ1) is 8.78. The van der Waals surface area contributed by atoms with Crippen molar-refractivity contribution in [3.63, 3.8) is 0 Å². The number of nitrogens with two attached hydrogens (primary N) is 1. The second kappa shape index (κ2) is 4.87. The molecule has 4 N–H and O–H groups in total. The molecule has 1 aromatic heterocycles. The number of halogens is 1. The molecule has 98 valence electrons. The van der Waals surface area contributed by atoms with Gasteiger partial charge in [0.05, 0.1) is 6.20 Å². The molecule has 2 aliphatic rings. The normalized spacial score (nSPS) is 27.2. The summed E-state index contributed by atoms with van der Waals surface area (Å²) in [6.45, 7) is 2.38. The fourth-order valence-corrected chi connectivity index (χ4v) is 3.11. The van der Waals surface area contributed by atoms with Gasteiger partial charge in [0.15, 0.2) is 5.82 Å². The van der Waals surface area contributed by atoms with E-state index in [4.69, 9.17) is 17.4 Å². The van der Waals surface area contributed by atoms with Crippen molar-refractivity contribution in [2.45, 2.75) is 31.3 Å². The van der Waals surface area contributed by atoms with Gasteiger partial charge in [0.1, 0.15) is 5.02 Å². The zero-order valence-corrected chi connectivity index (χ0v) is 10.8. The zero-order chi connectivity index (χ0) is 12.5. The van der Waals surface area contributed by atoms with Crippen molar-refractivity contribution in [1.29, 1.82) is 0 Å².